The molecule has 0 aromatic heterocycles. The van der Waals surface area contributed by atoms with Crippen LogP contribution in [-0.2, 0) is 21.2 Å². The van der Waals surface area contributed by atoms with Crippen molar-refractivity contribution in [3.05, 3.63) is 51.5 Å². The van der Waals surface area contributed by atoms with Crippen LogP contribution in [0, 0.1) is 19.8 Å². The van der Waals surface area contributed by atoms with E-state index in [-0.39, 0.29) is 16.7 Å². The fraction of sp³-hybridized carbons (Fsp3) is 0.350. The standard InChI is InChI=1S/C20H21BrN2O3S/c1-12-3-6-17(13(2)9-12)22-27(25,26)18-11-16(21)10-15-7-8-23(19(15)18)20(24)14-4-5-14/h3,6,9-11,14,22H,4-5,7-8H2,1-2H3. The summed E-state index contributed by atoms with van der Waals surface area (Å²) in [6.07, 6.45) is 2.45. The first-order valence-electron chi connectivity index (χ1n) is 9.00. The molecule has 1 amide bonds. The molecule has 1 aliphatic heterocycles. The molecule has 0 saturated heterocycles. The molecular formula is C20H21BrN2O3S. The number of sulfonamides is 1. The lowest BCUT2D eigenvalue weighted by Gasteiger charge is -2.21. The van der Waals surface area contributed by atoms with Crippen LogP contribution in [0.5, 0.6) is 0 Å². The number of hydrogen-bond donors (Lipinski definition) is 1. The second kappa shape index (κ2) is 6.63. The molecule has 7 heteroatoms. The summed E-state index contributed by atoms with van der Waals surface area (Å²) in [6.45, 7) is 4.38. The first kappa shape index (κ1) is 18.5. The fourth-order valence-electron chi connectivity index (χ4n) is 3.57. The zero-order valence-electron chi connectivity index (χ0n) is 15.3. The molecule has 0 bridgehead atoms. The van der Waals surface area contributed by atoms with Gasteiger partial charge in [0, 0.05) is 16.9 Å². The third-order valence-corrected chi connectivity index (χ3v) is 6.94. The van der Waals surface area contributed by atoms with Crippen LogP contribution in [-0.4, -0.2) is 20.9 Å². The highest BCUT2D eigenvalue weighted by molar-refractivity contribution is 9.10. The summed E-state index contributed by atoms with van der Waals surface area (Å²) in [5, 5.41) is 0. The van der Waals surface area contributed by atoms with Gasteiger partial charge in [-0.25, -0.2) is 8.42 Å². The van der Waals surface area contributed by atoms with Gasteiger partial charge in [-0.15, -0.1) is 0 Å². The van der Waals surface area contributed by atoms with Gasteiger partial charge in [-0.1, -0.05) is 33.6 Å². The van der Waals surface area contributed by atoms with Gasteiger partial charge in [0.1, 0.15) is 4.90 Å². The number of carbonyl (C=O) groups is 1. The summed E-state index contributed by atoms with van der Waals surface area (Å²) in [5.41, 5.74) is 3.90. The van der Waals surface area contributed by atoms with Crippen LogP contribution in [0.4, 0.5) is 11.4 Å². The van der Waals surface area contributed by atoms with Crippen molar-refractivity contribution in [2.45, 2.75) is 38.0 Å². The summed E-state index contributed by atoms with van der Waals surface area (Å²) in [5.74, 6) is 0.0847. The van der Waals surface area contributed by atoms with Crippen molar-refractivity contribution >= 4 is 43.2 Å². The molecule has 1 heterocycles. The highest BCUT2D eigenvalue weighted by atomic mass is 79.9. The van der Waals surface area contributed by atoms with E-state index < -0.39 is 10.0 Å². The Morgan fingerprint density at radius 1 is 1.19 bits per heavy atom. The number of rotatable bonds is 4. The maximum absolute atomic E-state index is 13.2. The van der Waals surface area contributed by atoms with E-state index in [0.717, 1.165) is 29.5 Å². The maximum atomic E-state index is 13.2. The number of carbonyl (C=O) groups excluding carboxylic acids is 1. The Kier molecular flexibility index (Phi) is 4.55. The lowest BCUT2D eigenvalue weighted by atomic mass is 10.1. The lowest BCUT2D eigenvalue weighted by molar-refractivity contribution is -0.119. The molecule has 1 N–H and O–H groups in total. The van der Waals surface area contributed by atoms with E-state index in [1.807, 2.05) is 32.0 Å². The predicted molar refractivity (Wildman–Crippen MR) is 110 cm³/mol. The van der Waals surface area contributed by atoms with Crippen molar-refractivity contribution in [2.24, 2.45) is 5.92 Å². The summed E-state index contributed by atoms with van der Waals surface area (Å²) in [4.78, 5) is 14.5. The van der Waals surface area contributed by atoms with Gasteiger partial charge in [-0.3, -0.25) is 9.52 Å². The quantitative estimate of drug-likeness (QED) is 0.762. The van der Waals surface area contributed by atoms with Gasteiger partial charge in [0.2, 0.25) is 5.91 Å². The molecule has 1 fully saturated rings. The van der Waals surface area contributed by atoms with Crippen LogP contribution in [0.3, 0.4) is 0 Å². The minimum atomic E-state index is -3.84. The second-order valence-corrected chi connectivity index (χ2v) is 9.92. The van der Waals surface area contributed by atoms with Crippen molar-refractivity contribution in [1.82, 2.24) is 0 Å². The van der Waals surface area contributed by atoms with Gasteiger partial charge < -0.3 is 4.90 Å². The van der Waals surface area contributed by atoms with Gasteiger partial charge in [0.05, 0.1) is 11.4 Å². The molecule has 0 unspecified atom stereocenters. The first-order chi connectivity index (χ1) is 12.8. The molecule has 1 aliphatic carbocycles. The van der Waals surface area contributed by atoms with E-state index in [2.05, 4.69) is 20.7 Å². The van der Waals surface area contributed by atoms with E-state index in [1.54, 1.807) is 17.0 Å². The third kappa shape index (κ3) is 3.50. The number of hydrogen-bond acceptors (Lipinski definition) is 3. The third-order valence-electron chi connectivity index (χ3n) is 5.10. The van der Waals surface area contributed by atoms with Crippen molar-refractivity contribution < 1.29 is 13.2 Å². The molecule has 142 valence electrons. The minimum absolute atomic E-state index is 0.0408. The number of nitrogens with zero attached hydrogens (tertiary/aromatic N) is 1. The Labute approximate surface area is 167 Å². The molecule has 0 atom stereocenters. The highest BCUT2D eigenvalue weighted by Gasteiger charge is 2.39. The molecule has 2 aromatic carbocycles. The van der Waals surface area contributed by atoms with E-state index in [1.165, 1.54) is 0 Å². The van der Waals surface area contributed by atoms with Gasteiger partial charge in [0.15, 0.2) is 0 Å². The zero-order chi connectivity index (χ0) is 19.3. The summed E-state index contributed by atoms with van der Waals surface area (Å²) in [7, 11) is -3.84. The van der Waals surface area contributed by atoms with Gasteiger partial charge in [0.25, 0.3) is 10.0 Å². The lowest BCUT2D eigenvalue weighted by Crippen LogP contribution is -2.31. The van der Waals surface area contributed by atoms with Crippen LogP contribution in [0.15, 0.2) is 39.7 Å². The Bertz CT molecular complexity index is 1050. The number of amides is 1. The summed E-state index contributed by atoms with van der Waals surface area (Å²) in [6, 6.07) is 9.08. The molecule has 4 rings (SSSR count). The molecule has 0 spiro atoms. The van der Waals surface area contributed by atoms with Crippen molar-refractivity contribution in [2.75, 3.05) is 16.2 Å². The predicted octanol–water partition coefficient (Wildman–Crippen LogP) is 4.17. The average Bonchev–Trinajstić information content (AvgIpc) is 3.36. The van der Waals surface area contributed by atoms with Gasteiger partial charge >= 0.3 is 0 Å². The number of fused-ring (bicyclic) bond motifs is 1. The molecule has 1 saturated carbocycles. The molecular weight excluding hydrogens is 428 g/mol. The molecule has 5 nitrogen and oxygen atoms in total. The van der Waals surface area contributed by atoms with Crippen LogP contribution < -0.4 is 9.62 Å². The largest absolute Gasteiger partial charge is 0.310 e. The SMILES string of the molecule is Cc1ccc(NS(=O)(=O)c2cc(Br)cc3c2N(C(=O)C2CC2)CC3)c(C)c1. The average molecular weight is 449 g/mol. The molecule has 2 aromatic rings. The Balaban J connectivity index is 1.77. The van der Waals surface area contributed by atoms with E-state index in [9.17, 15) is 13.2 Å². The van der Waals surface area contributed by atoms with Gasteiger partial charge in [-0.05, 0) is 62.4 Å². The monoisotopic (exact) mass is 448 g/mol. The van der Waals surface area contributed by atoms with Crippen LogP contribution >= 0.6 is 15.9 Å². The van der Waals surface area contributed by atoms with Crippen molar-refractivity contribution in [3.63, 3.8) is 0 Å². The Morgan fingerprint density at radius 3 is 2.59 bits per heavy atom. The Morgan fingerprint density at radius 2 is 1.93 bits per heavy atom. The number of halogens is 1. The van der Waals surface area contributed by atoms with E-state index >= 15 is 0 Å². The van der Waals surface area contributed by atoms with E-state index in [0.29, 0.717) is 28.8 Å². The number of benzene rings is 2. The molecule has 27 heavy (non-hydrogen) atoms. The highest BCUT2D eigenvalue weighted by Crippen LogP contribution is 2.41. The number of nitrogens with one attached hydrogen (secondary N) is 1. The summed E-state index contributed by atoms with van der Waals surface area (Å²) >= 11 is 3.42. The minimum Gasteiger partial charge on any atom is -0.310 e. The first-order valence-corrected chi connectivity index (χ1v) is 11.3. The number of aryl methyl sites for hydroxylation is 2. The normalized spacial score (nSPS) is 16.3. The molecule has 2 aliphatic rings. The van der Waals surface area contributed by atoms with Crippen LogP contribution in [0.2, 0.25) is 0 Å². The molecule has 0 radical (unpaired) electrons. The maximum Gasteiger partial charge on any atom is 0.264 e. The van der Waals surface area contributed by atoms with Crippen molar-refractivity contribution in [1.29, 1.82) is 0 Å². The van der Waals surface area contributed by atoms with E-state index in [4.69, 9.17) is 0 Å². The zero-order valence-corrected chi connectivity index (χ0v) is 17.7. The Hall–Kier alpha value is -1.86. The fourth-order valence-corrected chi connectivity index (χ4v) is 5.64. The number of anilines is 2. The second-order valence-electron chi connectivity index (χ2n) is 7.35. The smallest absolute Gasteiger partial charge is 0.264 e. The van der Waals surface area contributed by atoms with Crippen LogP contribution in [0.1, 0.15) is 29.5 Å². The van der Waals surface area contributed by atoms with Gasteiger partial charge in [-0.2, -0.15) is 0 Å². The van der Waals surface area contributed by atoms with Crippen LogP contribution in [0.25, 0.3) is 0 Å². The topological polar surface area (TPSA) is 66.5 Å². The summed E-state index contributed by atoms with van der Waals surface area (Å²) < 4.78 is 29.9. The van der Waals surface area contributed by atoms with Crippen molar-refractivity contribution in [3.8, 4) is 0 Å².